The van der Waals surface area contributed by atoms with Gasteiger partial charge in [-0.3, -0.25) is 0 Å². The first-order valence-electron chi connectivity index (χ1n) is 6.31. The summed E-state index contributed by atoms with van der Waals surface area (Å²) < 4.78 is 18.8. The summed E-state index contributed by atoms with van der Waals surface area (Å²) in [4.78, 5) is 2.14. The number of ether oxygens (including phenoxy) is 1. The number of halogens is 1. The van der Waals surface area contributed by atoms with Gasteiger partial charge in [0.15, 0.2) is 0 Å². The maximum atomic E-state index is 13.7. The lowest BCUT2D eigenvalue weighted by atomic mass is 10.1. The first-order chi connectivity index (χ1) is 8.60. The van der Waals surface area contributed by atoms with Crippen molar-refractivity contribution in [2.75, 3.05) is 31.7 Å². The van der Waals surface area contributed by atoms with Crippen LogP contribution in [0.1, 0.15) is 19.4 Å². The molecule has 0 atom stereocenters. The molecule has 0 amide bonds. The topological polar surface area (TPSA) is 38.5 Å². The monoisotopic (exact) mass is 254 g/mol. The second-order valence-electron chi connectivity index (χ2n) is 4.77. The molecule has 0 heterocycles. The van der Waals surface area contributed by atoms with Gasteiger partial charge in [-0.2, -0.15) is 0 Å². The van der Waals surface area contributed by atoms with Crippen molar-refractivity contribution in [1.29, 1.82) is 0 Å². The number of methoxy groups -OCH3 is 1. The zero-order valence-electron chi connectivity index (χ0n) is 11.4. The van der Waals surface area contributed by atoms with Gasteiger partial charge < -0.3 is 15.4 Å². The van der Waals surface area contributed by atoms with Gasteiger partial charge in [-0.1, -0.05) is 19.9 Å². The van der Waals surface area contributed by atoms with Crippen LogP contribution in [0.15, 0.2) is 18.2 Å². The molecular formula is C14H23FN2O. The molecule has 1 aromatic carbocycles. The molecule has 1 aromatic rings. The molecule has 102 valence electrons. The zero-order chi connectivity index (χ0) is 13.5. The SMILES string of the molecule is COCCN(CC(C)C)c1cccc(F)c1CN. The molecular weight excluding hydrogens is 231 g/mol. The molecule has 0 aliphatic rings. The highest BCUT2D eigenvalue weighted by atomic mass is 19.1. The Morgan fingerprint density at radius 2 is 2.11 bits per heavy atom. The summed E-state index contributed by atoms with van der Waals surface area (Å²) in [5.41, 5.74) is 7.11. The highest BCUT2D eigenvalue weighted by molar-refractivity contribution is 5.54. The largest absolute Gasteiger partial charge is 0.383 e. The maximum Gasteiger partial charge on any atom is 0.129 e. The molecule has 0 saturated heterocycles. The van der Waals surface area contributed by atoms with Crippen molar-refractivity contribution in [3.05, 3.63) is 29.6 Å². The fraction of sp³-hybridized carbons (Fsp3) is 0.571. The van der Waals surface area contributed by atoms with E-state index in [2.05, 4.69) is 18.7 Å². The number of anilines is 1. The lowest BCUT2D eigenvalue weighted by molar-refractivity contribution is 0.204. The highest BCUT2D eigenvalue weighted by Crippen LogP contribution is 2.23. The molecule has 0 bridgehead atoms. The third-order valence-corrected chi connectivity index (χ3v) is 2.79. The quantitative estimate of drug-likeness (QED) is 0.812. The van der Waals surface area contributed by atoms with Gasteiger partial charge >= 0.3 is 0 Å². The van der Waals surface area contributed by atoms with E-state index < -0.39 is 0 Å². The van der Waals surface area contributed by atoms with E-state index in [0.717, 1.165) is 18.8 Å². The van der Waals surface area contributed by atoms with Crippen molar-refractivity contribution in [1.82, 2.24) is 0 Å². The van der Waals surface area contributed by atoms with E-state index >= 15 is 0 Å². The van der Waals surface area contributed by atoms with Crippen LogP contribution in [0.25, 0.3) is 0 Å². The van der Waals surface area contributed by atoms with Gasteiger partial charge in [0, 0.05) is 38.0 Å². The van der Waals surface area contributed by atoms with Gasteiger partial charge in [-0.25, -0.2) is 4.39 Å². The summed E-state index contributed by atoms with van der Waals surface area (Å²) in [5.74, 6) is 0.261. The Morgan fingerprint density at radius 3 is 2.67 bits per heavy atom. The van der Waals surface area contributed by atoms with E-state index in [0.29, 0.717) is 18.1 Å². The van der Waals surface area contributed by atoms with Gasteiger partial charge in [0.1, 0.15) is 5.82 Å². The van der Waals surface area contributed by atoms with Crippen LogP contribution in [0.2, 0.25) is 0 Å². The summed E-state index contributed by atoms with van der Waals surface area (Å²) in [6.45, 7) is 6.71. The van der Waals surface area contributed by atoms with Crippen molar-refractivity contribution in [3.8, 4) is 0 Å². The van der Waals surface area contributed by atoms with Crippen LogP contribution in [0.5, 0.6) is 0 Å². The molecule has 0 aliphatic heterocycles. The van der Waals surface area contributed by atoms with Crippen molar-refractivity contribution in [2.45, 2.75) is 20.4 Å². The lowest BCUT2D eigenvalue weighted by Gasteiger charge is -2.28. The summed E-state index contributed by atoms with van der Waals surface area (Å²) in [6.07, 6.45) is 0. The average Bonchev–Trinajstić information content (AvgIpc) is 2.33. The molecule has 0 saturated carbocycles. The Balaban J connectivity index is 2.99. The molecule has 2 N–H and O–H groups in total. The van der Waals surface area contributed by atoms with Crippen LogP contribution in [-0.2, 0) is 11.3 Å². The Kier molecular flexibility index (Phi) is 6.09. The third kappa shape index (κ3) is 3.96. The minimum atomic E-state index is -0.235. The van der Waals surface area contributed by atoms with E-state index in [1.807, 2.05) is 6.07 Å². The Bertz CT molecular complexity index is 369. The van der Waals surface area contributed by atoms with Gasteiger partial charge in [0.25, 0.3) is 0 Å². The number of benzene rings is 1. The van der Waals surface area contributed by atoms with Crippen LogP contribution in [0.4, 0.5) is 10.1 Å². The Hall–Kier alpha value is -1.13. The predicted molar refractivity (Wildman–Crippen MR) is 73.2 cm³/mol. The summed E-state index contributed by atoms with van der Waals surface area (Å²) in [6, 6.07) is 5.10. The summed E-state index contributed by atoms with van der Waals surface area (Å²) in [5, 5.41) is 0. The van der Waals surface area contributed by atoms with Gasteiger partial charge in [0.2, 0.25) is 0 Å². The number of nitrogens with two attached hydrogens (primary N) is 1. The first kappa shape index (κ1) is 14.9. The molecule has 0 fully saturated rings. The molecule has 0 unspecified atom stereocenters. The smallest absolute Gasteiger partial charge is 0.129 e. The van der Waals surface area contributed by atoms with E-state index in [-0.39, 0.29) is 12.4 Å². The molecule has 4 heteroatoms. The molecule has 1 rings (SSSR count). The summed E-state index contributed by atoms with van der Waals surface area (Å²) in [7, 11) is 1.67. The second kappa shape index (κ2) is 7.34. The molecule has 18 heavy (non-hydrogen) atoms. The number of nitrogens with zero attached hydrogens (tertiary/aromatic N) is 1. The van der Waals surface area contributed by atoms with Gasteiger partial charge in [0.05, 0.1) is 6.61 Å². The minimum absolute atomic E-state index is 0.212. The van der Waals surface area contributed by atoms with Crippen LogP contribution >= 0.6 is 0 Å². The second-order valence-corrected chi connectivity index (χ2v) is 4.77. The average molecular weight is 254 g/mol. The zero-order valence-corrected chi connectivity index (χ0v) is 11.4. The molecule has 0 aromatic heterocycles. The van der Waals surface area contributed by atoms with Crippen LogP contribution in [0, 0.1) is 11.7 Å². The van der Waals surface area contributed by atoms with E-state index in [4.69, 9.17) is 10.5 Å². The van der Waals surface area contributed by atoms with Crippen molar-refractivity contribution >= 4 is 5.69 Å². The van der Waals surface area contributed by atoms with Crippen LogP contribution in [0.3, 0.4) is 0 Å². The first-order valence-corrected chi connectivity index (χ1v) is 6.31. The van der Waals surface area contributed by atoms with Crippen molar-refractivity contribution in [3.63, 3.8) is 0 Å². The van der Waals surface area contributed by atoms with Gasteiger partial charge in [-0.15, -0.1) is 0 Å². The number of hydrogen-bond donors (Lipinski definition) is 1. The number of hydrogen-bond acceptors (Lipinski definition) is 3. The number of rotatable bonds is 7. The van der Waals surface area contributed by atoms with Crippen LogP contribution in [-0.4, -0.2) is 26.8 Å². The summed E-state index contributed by atoms with van der Waals surface area (Å²) >= 11 is 0. The Labute approximate surface area is 109 Å². The standard InChI is InChI=1S/C14H23FN2O/c1-11(2)10-17(7-8-18-3)14-6-4-5-13(15)12(14)9-16/h4-6,11H,7-10,16H2,1-3H3. The maximum absolute atomic E-state index is 13.7. The lowest BCUT2D eigenvalue weighted by Crippen LogP contribution is -2.32. The normalized spacial score (nSPS) is 11.0. The predicted octanol–water partition coefficient (Wildman–Crippen LogP) is 2.39. The van der Waals surface area contributed by atoms with E-state index in [1.165, 1.54) is 6.07 Å². The Morgan fingerprint density at radius 1 is 1.39 bits per heavy atom. The fourth-order valence-corrected chi connectivity index (χ4v) is 2.00. The molecule has 3 nitrogen and oxygen atoms in total. The van der Waals surface area contributed by atoms with Crippen molar-refractivity contribution in [2.24, 2.45) is 11.7 Å². The van der Waals surface area contributed by atoms with Crippen molar-refractivity contribution < 1.29 is 9.13 Å². The molecule has 0 spiro atoms. The molecule has 0 aliphatic carbocycles. The molecule has 0 radical (unpaired) electrons. The van der Waals surface area contributed by atoms with Crippen LogP contribution < -0.4 is 10.6 Å². The third-order valence-electron chi connectivity index (χ3n) is 2.79. The van der Waals surface area contributed by atoms with E-state index in [9.17, 15) is 4.39 Å². The van der Waals surface area contributed by atoms with E-state index in [1.54, 1.807) is 13.2 Å². The highest BCUT2D eigenvalue weighted by Gasteiger charge is 2.14. The van der Waals surface area contributed by atoms with Gasteiger partial charge in [-0.05, 0) is 18.1 Å². The minimum Gasteiger partial charge on any atom is -0.383 e. The fourth-order valence-electron chi connectivity index (χ4n) is 2.00.